The van der Waals surface area contributed by atoms with Crippen molar-refractivity contribution in [2.75, 3.05) is 13.2 Å². The first-order valence-electron chi connectivity index (χ1n) is 7.66. The molecule has 0 saturated carbocycles. The zero-order chi connectivity index (χ0) is 16.1. The zero-order valence-corrected chi connectivity index (χ0v) is 13.0. The molecule has 0 amide bonds. The number of nitrogens with zero attached hydrogens (tertiary/aromatic N) is 2. The van der Waals surface area contributed by atoms with E-state index >= 15 is 0 Å². The molecule has 0 aliphatic rings. The molecule has 5 heteroatoms. The topological polar surface area (TPSA) is 71.0 Å². The van der Waals surface area contributed by atoms with Gasteiger partial charge in [-0.05, 0) is 31.0 Å². The van der Waals surface area contributed by atoms with Gasteiger partial charge in [-0.25, -0.2) is 4.98 Å². The Labute approximate surface area is 135 Å². The minimum absolute atomic E-state index is 0.106. The van der Waals surface area contributed by atoms with Crippen molar-refractivity contribution in [2.45, 2.75) is 13.3 Å². The highest BCUT2D eigenvalue weighted by Crippen LogP contribution is 2.25. The van der Waals surface area contributed by atoms with Crippen molar-refractivity contribution < 1.29 is 9.84 Å². The number of aromatic nitrogens is 3. The Morgan fingerprint density at radius 2 is 2.00 bits per heavy atom. The van der Waals surface area contributed by atoms with Crippen LogP contribution in [0.4, 0.5) is 0 Å². The molecule has 0 bridgehead atoms. The Hall–Kier alpha value is -2.66. The van der Waals surface area contributed by atoms with E-state index in [0.29, 0.717) is 24.7 Å². The summed E-state index contributed by atoms with van der Waals surface area (Å²) >= 11 is 0. The number of H-pyrrole nitrogens is 1. The quantitative estimate of drug-likeness (QED) is 0.734. The van der Waals surface area contributed by atoms with Gasteiger partial charge in [0, 0.05) is 17.7 Å². The first-order valence-corrected chi connectivity index (χ1v) is 7.66. The molecule has 0 saturated heterocycles. The van der Waals surface area contributed by atoms with Crippen molar-refractivity contribution in [2.24, 2.45) is 0 Å². The third kappa shape index (κ3) is 3.40. The molecule has 0 aliphatic heterocycles. The largest absolute Gasteiger partial charge is 0.494 e. The lowest BCUT2D eigenvalue weighted by molar-refractivity contribution is 0.300. The Kier molecular flexibility index (Phi) is 4.68. The number of nitrogens with one attached hydrogen (secondary N) is 1. The van der Waals surface area contributed by atoms with Gasteiger partial charge in [-0.1, -0.05) is 36.4 Å². The molecule has 0 unspecified atom stereocenters. The average Bonchev–Trinajstić information content (AvgIpc) is 3.06. The van der Waals surface area contributed by atoms with Gasteiger partial charge in [-0.3, -0.25) is 5.10 Å². The van der Waals surface area contributed by atoms with Crippen LogP contribution in [0.15, 0.2) is 48.5 Å². The fourth-order valence-electron chi connectivity index (χ4n) is 2.49. The summed E-state index contributed by atoms with van der Waals surface area (Å²) in [4.78, 5) is 4.59. The summed E-state index contributed by atoms with van der Waals surface area (Å²) in [6, 6.07) is 15.6. The van der Waals surface area contributed by atoms with E-state index in [0.717, 1.165) is 22.4 Å². The van der Waals surface area contributed by atoms with Crippen molar-refractivity contribution in [3.05, 3.63) is 54.1 Å². The normalized spacial score (nSPS) is 10.7. The number of aliphatic hydroxyl groups excluding tert-OH is 1. The predicted octanol–water partition coefficient (Wildman–Crippen LogP) is 3.07. The standard InChI is InChI=1S/C18H19N3O2/c1-2-23-15-8-5-7-14(12-15)17-19-18(21-20-17)16-9-4-3-6-13(16)10-11-22/h3-9,12,22H,2,10-11H2,1H3,(H,19,20,21). The lowest BCUT2D eigenvalue weighted by Crippen LogP contribution is -1.95. The highest BCUT2D eigenvalue weighted by atomic mass is 16.5. The third-order valence-electron chi connectivity index (χ3n) is 3.54. The molecule has 23 heavy (non-hydrogen) atoms. The predicted molar refractivity (Wildman–Crippen MR) is 89.2 cm³/mol. The Morgan fingerprint density at radius 3 is 2.83 bits per heavy atom. The van der Waals surface area contributed by atoms with E-state index in [1.165, 1.54) is 0 Å². The van der Waals surface area contributed by atoms with Crippen LogP contribution in [0.2, 0.25) is 0 Å². The number of benzene rings is 2. The van der Waals surface area contributed by atoms with Crippen LogP contribution in [0.3, 0.4) is 0 Å². The highest BCUT2D eigenvalue weighted by Gasteiger charge is 2.11. The van der Waals surface area contributed by atoms with Crippen LogP contribution in [0.25, 0.3) is 22.8 Å². The van der Waals surface area contributed by atoms with Crippen LogP contribution in [0.5, 0.6) is 5.75 Å². The minimum atomic E-state index is 0.106. The second kappa shape index (κ2) is 7.07. The van der Waals surface area contributed by atoms with Crippen molar-refractivity contribution in [1.29, 1.82) is 0 Å². The zero-order valence-electron chi connectivity index (χ0n) is 13.0. The summed E-state index contributed by atoms with van der Waals surface area (Å²) in [6.07, 6.45) is 0.589. The van der Waals surface area contributed by atoms with Crippen LogP contribution >= 0.6 is 0 Å². The van der Waals surface area contributed by atoms with Crippen LogP contribution in [0.1, 0.15) is 12.5 Å². The summed E-state index contributed by atoms with van der Waals surface area (Å²) in [5, 5.41) is 16.5. The number of hydrogen-bond donors (Lipinski definition) is 2. The molecule has 1 heterocycles. The fourth-order valence-corrected chi connectivity index (χ4v) is 2.49. The molecular weight excluding hydrogens is 290 g/mol. The van der Waals surface area contributed by atoms with Crippen molar-refractivity contribution in [3.63, 3.8) is 0 Å². The molecule has 2 aromatic carbocycles. The van der Waals surface area contributed by atoms with Gasteiger partial charge in [0.1, 0.15) is 5.75 Å². The van der Waals surface area contributed by atoms with E-state index < -0.39 is 0 Å². The molecule has 2 N–H and O–H groups in total. The number of aromatic amines is 1. The van der Waals surface area contributed by atoms with E-state index in [9.17, 15) is 5.11 Å². The molecule has 3 aromatic rings. The molecule has 0 atom stereocenters. The molecule has 0 fully saturated rings. The summed E-state index contributed by atoms with van der Waals surface area (Å²) < 4.78 is 5.52. The van der Waals surface area contributed by atoms with Gasteiger partial charge in [-0.2, -0.15) is 5.10 Å². The maximum atomic E-state index is 9.20. The molecular formula is C18H19N3O2. The lowest BCUT2D eigenvalue weighted by atomic mass is 10.0. The van der Waals surface area contributed by atoms with Gasteiger partial charge >= 0.3 is 0 Å². The van der Waals surface area contributed by atoms with Crippen LogP contribution < -0.4 is 4.74 Å². The maximum absolute atomic E-state index is 9.20. The summed E-state index contributed by atoms with van der Waals surface area (Å²) in [5.41, 5.74) is 2.90. The molecule has 0 radical (unpaired) electrons. The van der Waals surface area contributed by atoms with Crippen molar-refractivity contribution in [1.82, 2.24) is 15.2 Å². The first-order chi connectivity index (χ1) is 11.3. The summed E-state index contributed by atoms with van der Waals surface area (Å²) in [6.45, 7) is 2.68. The van der Waals surface area contributed by atoms with E-state index in [-0.39, 0.29) is 6.61 Å². The second-order valence-corrected chi connectivity index (χ2v) is 5.10. The highest BCUT2D eigenvalue weighted by molar-refractivity contribution is 5.64. The number of aliphatic hydroxyl groups is 1. The van der Waals surface area contributed by atoms with E-state index in [2.05, 4.69) is 15.2 Å². The summed E-state index contributed by atoms with van der Waals surface area (Å²) in [5.74, 6) is 2.13. The molecule has 5 nitrogen and oxygen atoms in total. The fraction of sp³-hybridized carbons (Fsp3) is 0.222. The molecule has 1 aromatic heterocycles. The molecule has 0 aliphatic carbocycles. The van der Waals surface area contributed by atoms with Gasteiger partial charge in [0.25, 0.3) is 0 Å². The van der Waals surface area contributed by atoms with Crippen molar-refractivity contribution in [3.8, 4) is 28.5 Å². The SMILES string of the molecule is CCOc1cccc(-c2n[nH]c(-c3ccccc3CCO)n2)c1. The van der Waals surface area contributed by atoms with Crippen LogP contribution in [-0.2, 0) is 6.42 Å². The van der Waals surface area contributed by atoms with Crippen molar-refractivity contribution >= 4 is 0 Å². The minimum Gasteiger partial charge on any atom is -0.494 e. The molecule has 3 rings (SSSR count). The number of ether oxygens (including phenoxy) is 1. The van der Waals surface area contributed by atoms with E-state index in [4.69, 9.17) is 4.74 Å². The number of hydrogen-bond acceptors (Lipinski definition) is 4. The smallest absolute Gasteiger partial charge is 0.181 e. The monoisotopic (exact) mass is 309 g/mol. The lowest BCUT2D eigenvalue weighted by Gasteiger charge is -2.05. The van der Waals surface area contributed by atoms with Crippen LogP contribution in [-0.4, -0.2) is 33.5 Å². The number of rotatable bonds is 6. The Bertz CT molecular complexity index is 783. The third-order valence-corrected chi connectivity index (χ3v) is 3.54. The van der Waals surface area contributed by atoms with Gasteiger partial charge in [0.2, 0.25) is 0 Å². The van der Waals surface area contributed by atoms with Gasteiger partial charge in [0.05, 0.1) is 6.61 Å². The second-order valence-electron chi connectivity index (χ2n) is 5.10. The van der Waals surface area contributed by atoms with Crippen LogP contribution in [0, 0.1) is 0 Å². The van der Waals surface area contributed by atoms with E-state index in [1.54, 1.807) is 0 Å². The van der Waals surface area contributed by atoms with Gasteiger partial charge < -0.3 is 9.84 Å². The maximum Gasteiger partial charge on any atom is 0.181 e. The van der Waals surface area contributed by atoms with Gasteiger partial charge in [-0.15, -0.1) is 0 Å². The van der Waals surface area contributed by atoms with Gasteiger partial charge in [0.15, 0.2) is 11.6 Å². The van der Waals surface area contributed by atoms with E-state index in [1.807, 2.05) is 55.5 Å². The summed E-state index contributed by atoms with van der Waals surface area (Å²) in [7, 11) is 0. The average molecular weight is 309 g/mol. The molecule has 118 valence electrons. The first kappa shape index (κ1) is 15.2. The molecule has 0 spiro atoms. The Morgan fingerprint density at radius 1 is 1.13 bits per heavy atom. The Balaban J connectivity index is 1.93.